The normalized spacial score (nSPS) is 10.6. The maximum Gasteiger partial charge on any atom is 0.251 e. The van der Waals surface area contributed by atoms with Crippen LogP contribution in [0.5, 0.6) is 5.75 Å². The van der Waals surface area contributed by atoms with Gasteiger partial charge in [-0.15, -0.1) is 24.0 Å². The summed E-state index contributed by atoms with van der Waals surface area (Å²) in [5, 5.41) is 6.13. The second-order valence-corrected chi connectivity index (χ2v) is 5.24. The van der Waals surface area contributed by atoms with Crippen molar-refractivity contribution < 1.29 is 9.53 Å². The number of methoxy groups -OCH3 is 1. The van der Waals surface area contributed by atoms with E-state index in [1.54, 1.807) is 32.4 Å². The quantitative estimate of drug-likeness (QED) is 0.278. The van der Waals surface area contributed by atoms with Gasteiger partial charge >= 0.3 is 0 Å². The lowest BCUT2D eigenvalue weighted by Gasteiger charge is -2.21. The van der Waals surface area contributed by atoms with E-state index in [-0.39, 0.29) is 29.9 Å². The highest BCUT2D eigenvalue weighted by Crippen LogP contribution is 2.12. The van der Waals surface area contributed by atoms with Gasteiger partial charge in [-0.1, -0.05) is 19.4 Å². The highest BCUT2D eigenvalue weighted by molar-refractivity contribution is 14.0. The van der Waals surface area contributed by atoms with Crippen LogP contribution < -0.4 is 15.4 Å². The maximum absolute atomic E-state index is 12.1. The molecule has 1 rings (SSSR count). The fraction of sp³-hybridized carbons (Fsp3) is 0.529. The number of halogens is 1. The van der Waals surface area contributed by atoms with Crippen molar-refractivity contribution in [3.8, 4) is 5.75 Å². The number of guanidine groups is 1. The monoisotopic (exact) mass is 448 g/mol. The number of unbranched alkanes of at least 4 members (excludes halogenated alkanes) is 1. The summed E-state index contributed by atoms with van der Waals surface area (Å²) in [7, 11) is 5.36. The Kier molecular flexibility index (Phi) is 12.0. The lowest BCUT2D eigenvalue weighted by atomic mass is 10.2. The second-order valence-electron chi connectivity index (χ2n) is 5.24. The Balaban J connectivity index is 0.00000529. The van der Waals surface area contributed by atoms with Crippen molar-refractivity contribution in [2.45, 2.75) is 19.8 Å². The number of hydrogen-bond acceptors (Lipinski definition) is 3. The minimum Gasteiger partial charge on any atom is -0.497 e. The Labute approximate surface area is 162 Å². The van der Waals surface area contributed by atoms with Crippen LogP contribution in [0.2, 0.25) is 0 Å². The zero-order chi connectivity index (χ0) is 17.1. The average molecular weight is 448 g/mol. The molecule has 0 unspecified atom stereocenters. The number of aliphatic imine (C=N–C) groups is 1. The van der Waals surface area contributed by atoms with Gasteiger partial charge in [0.2, 0.25) is 0 Å². The molecule has 24 heavy (non-hydrogen) atoms. The fourth-order valence-corrected chi connectivity index (χ4v) is 2.10. The van der Waals surface area contributed by atoms with Gasteiger partial charge in [0.05, 0.1) is 7.11 Å². The lowest BCUT2D eigenvalue weighted by molar-refractivity contribution is 0.0954. The standard InChI is InChI=1S/C17H28N4O2.HI/c1-5-6-12-21(3)17(18-2)20-11-10-19-16(22)14-8-7-9-15(13-14)23-4;/h7-9,13H,5-6,10-12H2,1-4H3,(H,18,20)(H,19,22);1H. The van der Waals surface area contributed by atoms with Crippen LogP contribution >= 0.6 is 24.0 Å². The summed E-state index contributed by atoms with van der Waals surface area (Å²) in [5.41, 5.74) is 0.591. The molecular weight excluding hydrogens is 419 g/mol. The van der Waals surface area contributed by atoms with Crippen LogP contribution in [0.4, 0.5) is 0 Å². The van der Waals surface area contributed by atoms with Crippen molar-refractivity contribution >= 4 is 35.8 Å². The van der Waals surface area contributed by atoms with Crippen molar-refractivity contribution in [2.75, 3.05) is 40.8 Å². The number of ether oxygens (including phenoxy) is 1. The van der Waals surface area contributed by atoms with E-state index in [1.165, 1.54) is 0 Å². The summed E-state index contributed by atoms with van der Waals surface area (Å²) in [5.74, 6) is 1.41. The highest BCUT2D eigenvalue weighted by atomic mass is 127. The summed E-state index contributed by atoms with van der Waals surface area (Å²) < 4.78 is 5.12. The molecule has 0 aromatic heterocycles. The first-order valence-electron chi connectivity index (χ1n) is 7.96. The molecular formula is C17H29IN4O2. The molecule has 0 radical (unpaired) electrons. The summed E-state index contributed by atoms with van der Waals surface area (Å²) in [6.45, 7) is 4.28. The van der Waals surface area contributed by atoms with Crippen molar-refractivity contribution in [1.29, 1.82) is 0 Å². The predicted octanol–water partition coefficient (Wildman–Crippen LogP) is 2.35. The largest absolute Gasteiger partial charge is 0.497 e. The van der Waals surface area contributed by atoms with Gasteiger partial charge in [-0.25, -0.2) is 0 Å². The Hall–Kier alpha value is -1.51. The highest BCUT2D eigenvalue weighted by Gasteiger charge is 2.07. The molecule has 1 aromatic carbocycles. The van der Waals surface area contributed by atoms with Crippen LogP contribution in [0.1, 0.15) is 30.1 Å². The van der Waals surface area contributed by atoms with Crippen LogP contribution in [0.15, 0.2) is 29.3 Å². The van der Waals surface area contributed by atoms with Crippen LogP contribution in [-0.4, -0.2) is 57.6 Å². The van der Waals surface area contributed by atoms with Gasteiger partial charge < -0.3 is 20.3 Å². The van der Waals surface area contributed by atoms with E-state index in [2.05, 4.69) is 27.4 Å². The molecule has 0 fully saturated rings. The minimum atomic E-state index is -0.111. The molecule has 2 N–H and O–H groups in total. The molecule has 0 aliphatic heterocycles. The molecule has 0 spiro atoms. The summed E-state index contributed by atoms with van der Waals surface area (Å²) >= 11 is 0. The van der Waals surface area contributed by atoms with Crippen molar-refractivity contribution in [3.63, 3.8) is 0 Å². The van der Waals surface area contributed by atoms with Crippen LogP contribution in [0, 0.1) is 0 Å². The Morgan fingerprint density at radius 3 is 2.62 bits per heavy atom. The molecule has 0 saturated carbocycles. The molecule has 1 amide bonds. The molecule has 1 aromatic rings. The van der Waals surface area contributed by atoms with E-state index in [0.29, 0.717) is 24.4 Å². The van der Waals surface area contributed by atoms with Crippen LogP contribution in [-0.2, 0) is 0 Å². The second kappa shape index (κ2) is 12.9. The molecule has 0 aliphatic carbocycles. The third kappa shape index (κ3) is 7.85. The van der Waals surface area contributed by atoms with Gasteiger partial charge in [0.25, 0.3) is 5.91 Å². The van der Waals surface area contributed by atoms with Crippen molar-refractivity contribution in [3.05, 3.63) is 29.8 Å². The number of rotatable bonds is 8. The summed E-state index contributed by atoms with van der Waals surface area (Å²) in [6.07, 6.45) is 2.28. The van der Waals surface area contributed by atoms with E-state index >= 15 is 0 Å². The van der Waals surface area contributed by atoms with Crippen molar-refractivity contribution in [1.82, 2.24) is 15.5 Å². The first kappa shape index (κ1) is 22.5. The Morgan fingerprint density at radius 2 is 2.00 bits per heavy atom. The zero-order valence-corrected chi connectivity index (χ0v) is 17.3. The van der Waals surface area contributed by atoms with Crippen molar-refractivity contribution in [2.24, 2.45) is 4.99 Å². The minimum absolute atomic E-state index is 0. The molecule has 0 bridgehead atoms. The SMILES string of the molecule is CCCCN(C)C(=NC)NCCNC(=O)c1cccc(OC)c1.I. The fourth-order valence-electron chi connectivity index (χ4n) is 2.10. The van der Waals surface area contributed by atoms with E-state index < -0.39 is 0 Å². The number of nitrogens with zero attached hydrogens (tertiary/aromatic N) is 2. The molecule has 6 nitrogen and oxygen atoms in total. The predicted molar refractivity (Wildman–Crippen MR) is 110 cm³/mol. The zero-order valence-electron chi connectivity index (χ0n) is 15.0. The van der Waals surface area contributed by atoms with Gasteiger partial charge in [-0.05, 0) is 24.6 Å². The van der Waals surface area contributed by atoms with Gasteiger partial charge in [0.1, 0.15) is 5.75 Å². The van der Waals surface area contributed by atoms with Gasteiger partial charge in [0.15, 0.2) is 5.96 Å². The lowest BCUT2D eigenvalue weighted by Crippen LogP contribution is -2.42. The Bertz CT molecular complexity index is 523. The van der Waals surface area contributed by atoms with Crippen LogP contribution in [0.3, 0.4) is 0 Å². The molecule has 0 saturated heterocycles. The first-order valence-corrected chi connectivity index (χ1v) is 7.96. The maximum atomic E-state index is 12.1. The third-order valence-corrected chi connectivity index (χ3v) is 3.45. The van der Waals surface area contributed by atoms with Crippen LogP contribution in [0.25, 0.3) is 0 Å². The molecule has 136 valence electrons. The first-order chi connectivity index (χ1) is 11.1. The molecule has 0 atom stereocenters. The topological polar surface area (TPSA) is 66.0 Å². The van der Waals surface area contributed by atoms with E-state index in [1.807, 2.05) is 13.1 Å². The molecule has 0 heterocycles. The Morgan fingerprint density at radius 1 is 1.29 bits per heavy atom. The number of benzene rings is 1. The number of carbonyl (C=O) groups excluding carboxylic acids is 1. The van der Waals surface area contributed by atoms with E-state index in [0.717, 1.165) is 25.3 Å². The van der Waals surface area contributed by atoms with E-state index in [4.69, 9.17) is 4.74 Å². The average Bonchev–Trinajstić information content (AvgIpc) is 2.59. The molecule has 7 heteroatoms. The van der Waals surface area contributed by atoms with Gasteiger partial charge in [0, 0.05) is 39.3 Å². The van der Waals surface area contributed by atoms with E-state index in [9.17, 15) is 4.79 Å². The molecule has 0 aliphatic rings. The number of nitrogens with one attached hydrogen (secondary N) is 2. The summed E-state index contributed by atoms with van der Waals surface area (Å²) in [6, 6.07) is 7.11. The summed E-state index contributed by atoms with van der Waals surface area (Å²) in [4.78, 5) is 18.4. The third-order valence-electron chi connectivity index (χ3n) is 3.45. The number of carbonyl (C=O) groups is 1. The number of amides is 1. The van der Waals surface area contributed by atoms with Gasteiger partial charge in [-0.2, -0.15) is 0 Å². The number of hydrogen-bond donors (Lipinski definition) is 2. The smallest absolute Gasteiger partial charge is 0.251 e. The van der Waals surface area contributed by atoms with Gasteiger partial charge in [-0.3, -0.25) is 9.79 Å².